The minimum atomic E-state index is -0.821. The number of aliphatic carboxylic acids is 1. The minimum Gasteiger partial charge on any atom is -0.481 e. The number of hydrogen-bond acceptors (Lipinski definition) is 2. The van der Waals surface area contributed by atoms with Gasteiger partial charge in [-0.1, -0.05) is 6.92 Å². The van der Waals surface area contributed by atoms with Crippen LogP contribution in [0.25, 0.3) is 0 Å². The zero-order valence-electron chi connectivity index (χ0n) is 5.84. The van der Waals surface area contributed by atoms with Gasteiger partial charge in [0.1, 0.15) is 0 Å². The van der Waals surface area contributed by atoms with E-state index in [4.69, 9.17) is 5.11 Å². The van der Waals surface area contributed by atoms with Gasteiger partial charge in [0, 0.05) is 11.0 Å². The molecule has 0 radical (unpaired) electrons. The molecule has 2 nitrogen and oxygen atoms in total. The smallest absolute Gasteiger partial charge is 0.304 e. The van der Waals surface area contributed by atoms with Crippen LogP contribution in [-0.4, -0.2) is 28.8 Å². The third kappa shape index (κ3) is 5.88. The average molecular weight is 166 g/mol. The molecule has 0 aromatic heterocycles. The Morgan fingerprint density at radius 1 is 1.80 bits per heavy atom. The maximum Gasteiger partial charge on any atom is 0.304 e. The summed E-state index contributed by atoms with van der Waals surface area (Å²) in [5, 5.41) is 8.30. The normalized spacial score (nSPS) is 13.0. The number of carbonyl (C=O) groups is 1. The van der Waals surface area contributed by atoms with Crippen LogP contribution in [0.15, 0.2) is 0 Å². The molecule has 0 rings (SSSR count). The molecule has 4 heteroatoms. The molecular weight excluding hydrogens is 155 g/mol. The summed E-state index contributed by atoms with van der Waals surface area (Å²) in [6, 6.07) is 0. The number of rotatable bonds is 5. The Hall–Kier alpha value is -0.250. The van der Waals surface area contributed by atoms with E-state index in [2.05, 4.69) is 0 Å². The Labute approximate surface area is 63.8 Å². The third-order valence-electron chi connectivity index (χ3n) is 0.942. The van der Waals surface area contributed by atoms with Crippen LogP contribution in [0, 0.1) is 0 Å². The van der Waals surface area contributed by atoms with Gasteiger partial charge in [0.15, 0.2) is 0 Å². The summed E-state index contributed by atoms with van der Waals surface area (Å²) in [7, 11) is 0. The molecular formula is C6H11FO2S. The zero-order chi connectivity index (χ0) is 7.98. The Morgan fingerprint density at radius 2 is 2.40 bits per heavy atom. The maximum absolute atomic E-state index is 11.5. The van der Waals surface area contributed by atoms with E-state index in [0.29, 0.717) is 5.75 Å². The summed E-state index contributed by atoms with van der Waals surface area (Å²) < 4.78 is 11.5. The van der Waals surface area contributed by atoms with Crippen LogP contribution >= 0.6 is 11.8 Å². The molecule has 0 saturated carbocycles. The molecule has 60 valence electrons. The fourth-order valence-corrected chi connectivity index (χ4v) is 1.30. The summed E-state index contributed by atoms with van der Waals surface area (Å²) in [6.45, 7) is 1.41. The van der Waals surface area contributed by atoms with E-state index in [1.807, 2.05) is 0 Å². The second kappa shape index (κ2) is 5.53. The maximum atomic E-state index is 11.5. The Kier molecular flexibility index (Phi) is 5.39. The molecule has 0 spiro atoms. The lowest BCUT2D eigenvalue weighted by molar-refractivity contribution is -0.136. The van der Waals surface area contributed by atoms with Gasteiger partial charge in [-0.25, -0.2) is 0 Å². The quantitative estimate of drug-likeness (QED) is 0.673. The van der Waals surface area contributed by atoms with E-state index in [0.717, 1.165) is 0 Å². The van der Waals surface area contributed by atoms with Gasteiger partial charge < -0.3 is 5.11 Å². The van der Waals surface area contributed by atoms with Crippen LogP contribution in [-0.2, 0) is 4.79 Å². The Bertz CT molecular complexity index is 108. The highest BCUT2D eigenvalue weighted by Gasteiger charge is 2.06. The predicted octanol–water partition coefficient (Wildman–Crippen LogP) is 1.55. The molecule has 0 aliphatic heterocycles. The average Bonchev–Trinajstić information content (AvgIpc) is 1.82. The van der Waals surface area contributed by atoms with Gasteiger partial charge in [0.05, 0.1) is 13.1 Å². The molecule has 0 aromatic rings. The van der Waals surface area contributed by atoms with Crippen molar-refractivity contribution in [2.75, 3.05) is 12.4 Å². The molecule has 1 atom stereocenters. The number of alkyl halides is 1. The van der Waals surface area contributed by atoms with Crippen molar-refractivity contribution in [3.05, 3.63) is 0 Å². The molecule has 1 unspecified atom stereocenters. The first-order valence-electron chi connectivity index (χ1n) is 3.06. The van der Waals surface area contributed by atoms with Gasteiger partial charge in [-0.05, 0) is 0 Å². The van der Waals surface area contributed by atoms with Crippen LogP contribution in [0.1, 0.15) is 13.3 Å². The lowest BCUT2D eigenvalue weighted by atomic mass is 10.3. The minimum absolute atomic E-state index is 0.0215. The second-order valence-corrected chi connectivity index (χ2v) is 3.51. The van der Waals surface area contributed by atoms with Gasteiger partial charge >= 0.3 is 5.97 Å². The van der Waals surface area contributed by atoms with Crippen molar-refractivity contribution >= 4 is 17.7 Å². The van der Waals surface area contributed by atoms with Crippen LogP contribution in [0.2, 0.25) is 0 Å². The van der Waals surface area contributed by atoms with Crippen molar-refractivity contribution in [3.63, 3.8) is 0 Å². The van der Waals surface area contributed by atoms with Crippen LogP contribution in [0.3, 0.4) is 0 Å². The van der Waals surface area contributed by atoms with Crippen molar-refractivity contribution in [3.8, 4) is 0 Å². The first kappa shape index (κ1) is 9.75. The largest absolute Gasteiger partial charge is 0.481 e. The van der Waals surface area contributed by atoms with Gasteiger partial charge in [-0.15, -0.1) is 0 Å². The van der Waals surface area contributed by atoms with Crippen LogP contribution in [0.4, 0.5) is 4.39 Å². The molecule has 0 bridgehead atoms. The molecule has 0 heterocycles. The summed E-state index contributed by atoms with van der Waals surface area (Å²) in [6.07, 6.45) is 0.116. The van der Waals surface area contributed by atoms with E-state index in [9.17, 15) is 9.18 Å². The third-order valence-corrected chi connectivity index (χ3v) is 2.07. The highest BCUT2D eigenvalue weighted by atomic mass is 32.2. The molecule has 0 aromatic carbocycles. The van der Waals surface area contributed by atoms with E-state index in [-0.39, 0.29) is 18.3 Å². The summed E-state index contributed by atoms with van der Waals surface area (Å²) in [5.74, 6) is -0.423. The number of carboxylic acids is 1. The number of halogens is 1. The molecule has 0 saturated heterocycles. The van der Waals surface area contributed by atoms with E-state index in [1.54, 1.807) is 6.92 Å². The number of thioether (sulfide) groups is 1. The molecule has 0 amide bonds. The van der Waals surface area contributed by atoms with E-state index >= 15 is 0 Å². The fraction of sp³-hybridized carbons (Fsp3) is 0.833. The predicted molar refractivity (Wildman–Crippen MR) is 40.1 cm³/mol. The van der Waals surface area contributed by atoms with Crippen LogP contribution in [0.5, 0.6) is 0 Å². The van der Waals surface area contributed by atoms with E-state index in [1.165, 1.54) is 11.8 Å². The second-order valence-electron chi connectivity index (χ2n) is 1.97. The first-order valence-corrected chi connectivity index (χ1v) is 4.11. The molecule has 0 aliphatic carbocycles. The van der Waals surface area contributed by atoms with Gasteiger partial charge in [0.25, 0.3) is 0 Å². The van der Waals surface area contributed by atoms with Crippen molar-refractivity contribution in [1.29, 1.82) is 0 Å². The highest BCUT2D eigenvalue weighted by molar-refractivity contribution is 7.99. The van der Waals surface area contributed by atoms with Crippen molar-refractivity contribution in [2.24, 2.45) is 0 Å². The fourth-order valence-electron chi connectivity index (χ4n) is 0.551. The van der Waals surface area contributed by atoms with Gasteiger partial charge in [0.2, 0.25) is 0 Å². The van der Waals surface area contributed by atoms with Crippen LogP contribution < -0.4 is 0 Å². The SMILES string of the molecule is CC(CC(=O)O)SCCF. The van der Waals surface area contributed by atoms with E-state index < -0.39 is 5.97 Å². The van der Waals surface area contributed by atoms with Crippen molar-refractivity contribution < 1.29 is 14.3 Å². The first-order chi connectivity index (χ1) is 4.66. The molecule has 10 heavy (non-hydrogen) atoms. The molecule has 1 N–H and O–H groups in total. The Morgan fingerprint density at radius 3 is 2.80 bits per heavy atom. The zero-order valence-corrected chi connectivity index (χ0v) is 6.66. The standard InChI is InChI=1S/C6H11FO2S/c1-5(4-6(8)9)10-3-2-7/h5H,2-4H2,1H3,(H,8,9). The summed E-state index contributed by atoms with van der Waals surface area (Å²) in [5.41, 5.74) is 0. The van der Waals surface area contributed by atoms with Crippen molar-refractivity contribution in [1.82, 2.24) is 0 Å². The van der Waals surface area contributed by atoms with Crippen molar-refractivity contribution in [2.45, 2.75) is 18.6 Å². The molecule has 0 fully saturated rings. The Balaban J connectivity index is 3.25. The summed E-state index contributed by atoms with van der Waals surface area (Å²) in [4.78, 5) is 10.1. The summed E-state index contributed by atoms with van der Waals surface area (Å²) >= 11 is 1.35. The monoisotopic (exact) mass is 166 g/mol. The van der Waals surface area contributed by atoms with Gasteiger partial charge in [-0.2, -0.15) is 11.8 Å². The lowest BCUT2D eigenvalue weighted by Gasteiger charge is -2.04. The lowest BCUT2D eigenvalue weighted by Crippen LogP contribution is -2.06. The highest BCUT2D eigenvalue weighted by Crippen LogP contribution is 2.12. The molecule has 0 aliphatic rings. The topological polar surface area (TPSA) is 37.3 Å². The van der Waals surface area contributed by atoms with Gasteiger partial charge in [-0.3, -0.25) is 9.18 Å². The number of hydrogen-bond donors (Lipinski definition) is 1. The number of carboxylic acid groups (broad SMARTS) is 1.